The molecule has 0 saturated heterocycles. The number of hydrogen-bond acceptors (Lipinski definition) is 4. The Balaban J connectivity index is 0. The minimum absolute atomic E-state index is 0. The zero-order chi connectivity index (χ0) is 12.6. The third kappa shape index (κ3) is 11.3. The first-order chi connectivity index (χ1) is 7.45. The molecule has 0 aromatic carbocycles. The van der Waals surface area contributed by atoms with Crippen LogP contribution in [0, 0.1) is 0 Å². The molecule has 0 radical (unpaired) electrons. The van der Waals surface area contributed by atoms with E-state index >= 15 is 0 Å². The molecule has 7 nitrogen and oxygen atoms in total. The van der Waals surface area contributed by atoms with Gasteiger partial charge in [-0.3, -0.25) is 19.3 Å². The van der Waals surface area contributed by atoms with Gasteiger partial charge in [0.2, 0.25) is 5.91 Å². The Kier molecular flexibility index (Phi) is 11.0. The summed E-state index contributed by atoms with van der Waals surface area (Å²) in [5.74, 6) is -2.70. The summed E-state index contributed by atoms with van der Waals surface area (Å²) in [4.78, 5) is 33.1. The van der Waals surface area contributed by atoms with Crippen molar-refractivity contribution in [1.29, 1.82) is 0 Å². The fourth-order valence-electron chi connectivity index (χ4n) is 1.07. The molecule has 0 aliphatic rings. The topological polar surface area (TPSA) is 107 Å². The van der Waals surface area contributed by atoms with Gasteiger partial charge in [-0.1, -0.05) is 6.92 Å². The first kappa shape index (κ1) is 18.4. The Morgan fingerprint density at radius 2 is 1.53 bits per heavy atom. The average molecular weight is 305 g/mol. The zero-order valence-corrected chi connectivity index (χ0v) is 9.10. The van der Waals surface area contributed by atoms with Crippen LogP contribution in [0.15, 0.2) is 0 Å². The van der Waals surface area contributed by atoms with Gasteiger partial charge in [0.05, 0.1) is 19.6 Å². The third-order valence-corrected chi connectivity index (χ3v) is 1.66. The van der Waals surface area contributed by atoms with Crippen LogP contribution in [0.2, 0.25) is 0 Å². The molecule has 0 spiro atoms. The fraction of sp³-hybridized carbons (Fsp3) is 0.667. The van der Waals surface area contributed by atoms with E-state index < -0.39 is 25.0 Å². The van der Waals surface area contributed by atoms with Crippen molar-refractivity contribution in [2.45, 2.75) is 13.3 Å². The van der Waals surface area contributed by atoms with Crippen LogP contribution in [0.5, 0.6) is 0 Å². The molecule has 0 fully saturated rings. The number of nitrogens with zero attached hydrogens (tertiary/aromatic N) is 1. The van der Waals surface area contributed by atoms with Gasteiger partial charge in [0.15, 0.2) is 0 Å². The summed E-state index contributed by atoms with van der Waals surface area (Å²) >= 11 is 0. The fourth-order valence-corrected chi connectivity index (χ4v) is 1.07. The maximum absolute atomic E-state index is 11.2. The van der Waals surface area contributed by atoms with Gasteiger partial charge in [-0.15, -0.1) is 0 Å². The normalized spacial score (nSPS) is 9.53. The van der Waals surface area contributed by atoms with Crippen LogP contribution < -0.4 is 5.32 Å². The van der Waals surface area contributed by atoms with E-state index in [1.807, 2.05) is 6.92 Å². The zero-order valence-electron chi connectivity index (χ0n) is 9.10. The Bertz CT molecular complexity index is 256. The van der Waals surface area contributed by atoms with Crippen molar-refractivity contribution in [2.24, 2.45) is 0 Å². The van der Waals surface area contributed by atoms with Gasteiger partial charge in [-0.25, -0.2) is 0 Å². The second-order valence-corrected chi connectivity index (χ2v) is 3.28. The number of aliphatic carboxylic acids is 2. The first-order valence-electron chi connectivity index (χ1n) is 4.88. The summed E-state index contributed by atoms with van der Waals surface area (Å²) in [6, 6.07) is 0. The van der Waals surface area contributed by atoms with E-state index in [0.29, 0.717) is 6.54 Å². The molecule has 0 aliphatic heterocycles. The number of carbonyl (C=O) groups is 3. The summed E-state index contributed by atoms with van der Waals surface area (Å²) in [7, 11) is 0. The van der Waals surface area contributed by atoms with Crippen molar-refractivity contribution < 1.29 is 24.6 Å². The Morgan fingerprint density at radius 1 is 1.06 bits per heavy atom. The predicted molar refractivity (Wildman–Crippen MR) is 65.0 cm³/mol. The molecule has 98 valence electrons. The number of carbonyl (C=O) groups excluding carboxylic acids is 1. The number of nitrogens with one attached hydrogen (secondary N) is 1. The van der Waals surface area contributed by atoms with Crippen molar-refractivity contribution in [2.75, 3.05) is 26.2 Å². The average Bonchev–Trinajstić information content (AvgIpc) is 2.12. The van der Waals surface area contributed by atoms with E-state index in [9.17, 15) is 14.4 Å². The van der Waals surface area contributed by atoms with Crippen molar-refractivity contribution >= 4 is 37.6 Å². The number of carboxylic acid groups (broad SMARTS) is 2. The summed E-state index contributed by atoms with van der Waals surface area (Å²) < 4.78 is 0. The first-order valence-corrected chi connectivity index (χ1v) is 4.88. The molecule has 0 atom stereocenters. The Labute approximate surface area is 112 Å². The van der Waals surface area contributed by atoms with E-state index in [2.05, 4.69) is 5.32 Å². The van der Waals surface area contributed by atoms with E-state index in [0.717, 1.165) is 11.3 Å². The monoisotopic (exact) mass is 304 g/mol. The van der Waals surface area contributed by atoms with Crippen LogP contribution in [0.4, 0.5) is 0 Å². The van der Waals surface area contributed by atoms with Crippen LogP contribution >= 0.6 is 0 Å². The molecule has 3 N–H and O–H groups in total. The molecule has 8 heteroatoms. The standard InChI is InChI=1S/C9H16N2O5.Ga.3H/c1-2-3-10-7(12)4-11(5-8(13)14)6-9(15)16;;;;/h2-6H2,1H3,(H,10,12)(H,13,14)(H,15,16);;;;. The second-order valence-electron chi connectivity index (χ2n) is 3.28. The van der Waals surface area contributed by atoms with Gasteiger partial charge in [-0.2, -0.15) is 0 Å². The molecule has 0 aromatic heterocycles. The minimum atomic E-state index is -1.16. The number of hydrogen-bond donors (Lipinski definition) is 3. The molecule has 0 unspecified atom stereocenters. The molecule has 0 heterocycles. The van der Waals surface area contributed by atoms with Crippen LogP contribution in [-0.2, 0) is 14.4 Å². The maximum atomic E-state index is 11.2. The summed E-state index contributed by atoms with van der Waals surface area (Å²) in [5, 5.41) is 19.6. The van der Waals surface area contributed by atoms with Gasteiger partial charge in [0.1, 0.15) is 0 Å². The van der Waals surface area contributed by atoms with Gasteiger partial charge >= 0.3 is 31.7 Å². The molecular weight excluding hydrogens is 286 g/mol. The van der Waals surface area contributed by atoms with Crippen LogP contribution in [0.3, 0.4) is 0 Å². The predicted octanol–water partition coefficient (Wildman–Crippen LogP) is -2.20. The van der Waals surface area contributed by atoms with Crippen molar-refractivity contribution in [3.63, 3.8) is 0 Å². The summed E-state index contributed by atoms with van der Waals surface area (Å²) in [6.45, 7) is 1.22. The molecule has 0 aromatic rings. The molecule has 0 saturated carbocycles. The molecular formula is C9H19GaN2O5. The summed E-state index contributed by atoms with van der Waals surface area (Å²) in [6.07, 6.45) is 0.767. The van der Waals surface area contributed by atoms with Gasteiger partial charge in [0.25, 0.3) is 0 Å². The van der Waals surface area contributed by atoms with Crippen LogP contribution in [-0.4, -0.2) is 78.9 Å². The number of amides is 1. The van der Waals surface area contributed by atoms with Crippen LogP contribution in [0.25, 0.3) is 0 Å². The van der Waals surface area contributed by atoms with Crippen molar-refractivity contribution in [3.05, 3.63) is 0 Å². The van der Waals surface area contributed by atoms with E-state index in [1.54, 1.807) is 0 Å². The second kappa shape index (κ2) is 10.2. The van der Waals surface area contributed by atoms with Crippen molar-refractivity contribution in [1.82, 2.24) is 10.2 Å². The molecule has 17 heavy (non-hydrogen) atoms. The Morgan fingerprint density at radius 3 is 1.88 bits per heavy atom. The quantitative estimate of drug-likeness (QED) is 0.439. The third-order valence-electron chi connectivity index (χ3n) is 1.66. The molecule has 0 aliphatic carbocycles. The number of rotatable bonds is 8. The van der Waals surface area contributed by atoms with Crippen LogP contribution in [0.1, 0.15) is 13.3 Å². The Hall–Kier alpha value is -0.994. The number of carboxylic acids is 2. The molecule has 0 bridgehead atoms. The van der Waals surface area contributed by atoms with Gasteiger partial charge in [0, 0.05) is 6.54 Å². The van der Waals surface area contributed by atoms with Gasteiger partial charge in [-0.05, 0) is 6.42 Å². The molecule has 0 rings (SSSR count). The van der Waals surface area contributed by atoms with Crippen molar-refractivity contribution in [3.8, 4) is 0 Å². The van der Waals surface area contributed by atoms with E-state index in [4.69, 9.17) is 10.2 Å². The summed E-state index contributed by atoms with van der Waals surface area (Å²) in [5.41, 5.74) is 0. The van der Waals surface area contributed by atoms with E-state index in [-0.39, 0.29) is 32.2 Å². The SMILES string of the molecule is CCCNC(=O)CN(CC(=O)O)CC(=O)O.[GaH3]. The van der Waals surface area contributed by atoms with Gasteiger partial charge < -0.3 is 15.5 Å². The molecule has 1 amide bonds. The van der Waals surface area contributed by atoms with E-state index in [1.165, 1.54) is 0 Å².